The molecule has 0 aliphatic rings. The van der Waals surface area contributed by atoms with Crippen LogP contribution in [0.25, 0.3) is 11.4 Å². The Morgan fingerprint density at radius 1 is 1.41 bits per heavy atom. The van der Waals surface area contributed by atoms with Crippen LogP contribution in [0.15, 0.2) is 30.6 Å². The normalized spacial score (nSPS) is 10.8. The fourth-order valence-corrected chi connectivity index (χ4v) is 1.59. The molecule has 0 unspecified atom stereocenters. The third-order valence-corrected chi connectivity index (χ3v) is 2.44. The van der Waals surface area contributed by atoms with Crippen LogP contribution in [0.5, 0.6) is 0 Å². The topological polar surface area (TPSA) is 73.8 Å². The third kappa shape index (κ3) is 2.15. The first-order chi connectivity index (χ1) is 8.09. The van der Waals surface area contributed by atoms with Crippen LogP contribution in [0.2, 0.25) is 0 Å². The van der Waals surface area contributed by atoms with Gasteiger partial charge in [-0.1, -0.05) is 12.1 Å². The van der Waals surface area contributed by atoms with E-state index in [1.165, 1.54) is 12.1 Å². The van der Waals surface area contributed by atoms with Gasteiger partial charge in [0.15, 0.2) is 5.82 Å². The Bertz CT molecular complexity index is 548. The van der Waals surface area contributed by atoms with Gasteiger partial charge in [-0.25, -0.2) is 0 Å². The molecule has 1 aromatic heterocycles. The molecule has 0 spiro atoms. The number of hydrogen-bond acceptors (Lipinski definition) is 4. The number of aromatic nitrogens is 3. The molecule has 1 aromatic carbocycles. The number of nitro groups is 1. The first-order valence-corrected chi connectivity index (χ1v) is 5.24. The van der Waals surface area contributed by atoms with Crippen molar-refractivity contribution in [2.75, 3.05) is 0 Å². The summed E-state index contributed by atoms with van der Waals surface area (Å²) in [5.74, 6) is 0.642. The number of hydrogen-bond donors (Lipinski definition) is 0. The molecule has 2 aromatic rings. The summed E-state index contributed by atoms with van der Waals surface area (Å²) in [5.41, 5.74) is 0.756. The molecule has 1 heterocycles. The number of nitrogens with zero attached hydrogens (tertiary/aromatic N) is 4. The maximum atomic E-state index is 10.7. The van der Waals surface area contributed by atoms with E-state index >= 15 is 0 Å². The minimum absolute atomic E-state index is 0.0563. The monoisotopic (exact) mass is 232 g/mol. The molecule has 0 aliphatic heterocycles. The molecule has 0 radical (unpaired) electrons. The van der Waals surface area contributed by atoms with E-state index in [9.17, 15) is 10.1 Å². The molecule has 0 saturated carbocycles. The molecule has 0 saturated heterocycles. The number of rotatable bonds is 3. The molecule has 88 valence electrons. The quantitative estimate of drug-likeness (QED) is 0.601. The van der Waals surface area contributed by atoms with Crippen molar-refractivity contribution in [1.82, 2.24) is 14.8 Å². The second kappa shape index (κ2) is 4.32. The number of non-ortho nitro benzene ring substituents is 1. The van der Waals surface area contributed by atoms with Crippen molar-refractivity contribution in [3.8, 4) is 11.4 Å². The zero-order valence-corrected chi connectivity index (χ0v) is 9.57. The standard InChI is InChI=1S/C11H12N4O2/c1-8(2)14-7-12-13-11(14)9-4-3-5-10(6-9)15(16)17/h3-8H,1-2H3. The van der Waals surface area contributed by atoms with Crippen LogP contribution in [-0.4, -0.2) is 19.7 Å². The molecule has 0 atom stereocenters. The fourth-order valence-electron chi connectivity index (χ4n) is 1.59. The van der Waals surface area contributed by atoms with Gasteiger partial charge in [0.2, 0.25) is 0 Å². The average molecular weight is 232 g/mol. The Labute approximate surface area is 98.1 Å². The lowest BCUT2D eigenvalue weighted by Gasteiger charge is -2.09. The largest absolute Gasteiger partial charge is 0.311 e. The highest BCUT2D eigenvalue weighted by molar-refractivity contribution is 5.59. The van der Waals surface area contributed by atoms with Gasteiger partial charge >= 0.3 is 0 Å². The van der Waals surface area contributed by atoms with Crippen LogP contribution in [-0.2, 0) is 0 Å². The summed E-state index contributed by atoms with van der Waals surface area (Å²) in [7, 11) is 0. The molecule has 0 fully saturated rings. The summed E-state index contributed by atoms with van der Waals surface area (Å²) >= 11 is 0. The van der Waals surface area contributed by atoms with Crippen LogP contribution in [0.3, 0.4) is 0 Å². The molecule has 6 nitrogen and oxygen atoms in total. The SMILES string of the molecule is CC(C)n1cnnc1-c1cccc([N+](=O)[O-])c1. The lowest BCUT2D eigenvalue weighted by Crippen LogP contribution is -2.01. The summed E-state index contributed by atoms with van der Waals surface area (Å²) in [6, 6.07) is 6.60. The lowest BCUT2D eigenvalue weighted by molar-refractivity contribution is -0.384. The maximum absolute atomic E-state index is 10.7. The van der Waals surface area contributed by atoms with Gasteiger partial charge in [0, 0.05) is 23.7 Å². The van der Waals surface area contributed by atoms with Crippen molar-refractivity contribution >= 4 is 5.69 Å². The molecule has 0 aliphatic carbocycles. The molecule has 0 bridgehead atoms. The van der Waals surface area contributed by atoms with E-state index in [1.54, 1.807) is 18.5 Å². The third-order valence-electron chi connectivity index (χ3n) is 2.44. The van der Waals surface area contributed by atoms with E-state index < -0.39 is 4.92 Å². The summed E-state index contributed by atoms with van der Waals surface area (Å²) < 4.78 is 1.87. The van der Waals surface area contributed by atoms with Crippen molar-refractivity contribution < 1.29 is 4.92 Å². The van der Waals surface area contributed by atoms with Gasteiger partial charge in [0.25, 0.3) is 5.69 Å². The summed E-state index contributed by atoms with van der Waals surface area (Å²) in [5, 5.41) is 18.5. The predicted molar refractivity (Wildman–Crippen MR) is 62.5 cm³/mol. The van der Waals surface area contributed by atoms with E-state index in [2.05, 4.69) is 10.2 Å². The van der Waals surface area contributed by atoms with E-state index in [1.807, 2.05) is 18.4 Å². The van der Waals surface area contributed by atoms with E-state index in [0.29, 0.717) is 11.4 Å². The van der Waals surface area contributed by atoms with Crippen molar-refractivity contribution in [2.24, 2.45) is 0 Å². The minimum Gasteiger partial charge on any atom is -0.311 e. The highest BCUT2D eigenvalue weighted by atomic mass is 16.6. The summed E-state index contributed by atoms with van der Waals surface area (Å²) in [4.78, 5) is 10.3. The van der Waals surface area contributed by atoms with Crippen LogP contribution in [0, 0.1) is 10.1 Å². The zero-order valence-electron chi connectivity index (χ0n) is 9.57. The van der Waals surface area contributed by atoms with Crippen molar-refractivity contribution in [1.29, 1.82) is 0 Å². The van der Waals surface area contributed by atoms with Crippen molar-refractivity contribution in [3.05, 3.63) is 40.7 Å². The molecule has 0 N–H and O–H groups in total. The van der Waals surface area contributed by atoms with Gasteiger partial charge in [-0.05, 0) is 13.8 Å². The van der Waals surface area contributed by atoms with Crippen LogP contribution < -0.4 is 0 Å². The smallest absolute Gasteiger partial charge is 0.270 e. The molecule has 6 heteroatoms. The van der Waals surface area contributed by atoms with Crippen LogP contribution in [0.1, 0.15) is 19.9 Å². The Kier molecular flexibility index (Phi) is 2.86. The minimum atomic E-state index is -0.417. The van der Waals surface area contributed by atoms with Gasteiger partial charge in [-0.2, -0.15) is 0 Å². The van der Waals surface area contributed by atoms with Gasteiger partial charge in [-0.15, -0.1) is 10.2 Å². The average Bonchev–Trinajstić information content (AvgIpc) is 2.78. The second-order valence-electron chi connectivity index (χ2n) is 3.96. The van der Waals surface area contributed by atoms with Crippen LogP contribution in [0.4, 0.5) is 5.69 Å². The highest BCUT2D eigenvalue weighted by Gasteiger charge is 2.13. The van der Waals surface area contributed by atoms with Crippen LogP contribution >= 0.6 is 0 Å². The second-order valence-corrected chi connectivity index (χ2v) is 3.96. The Morgan fingerprint density at radius 3 is 2.82 bits per heavy atom. The molecule has 2 rings (SSSR count). The number of nitro benzene ring substituents is 1. The van der Waals surface area contributed by atoms with E-state index in [0.717, 1.165) is 0 Å². The zero-order chi connectivity index (χ0) is 12.4. The van der Waals surface area contributed by atoms with E-state index in [4.69, 9.17) is 0 Å². The van der Waals surface area contributed by atoms with Gasteiger partial charge in [0.05, 0.1) is 4.92 Å². The van der Waals surface area contributed by atoms with Gasteiger partial charge in [0.1, 0.15) is 6.33 Å². The number of benzene rings is 1. The van der Waals surface area contributed by atoms with Gasteiger partial charge in [-0.3, -0.25) is 10.1 Å². The molecular weight excluding hydrogens is 220 g/mol. The Hall–Kier alpha value is -2.24. The fraction of sp³-hybridized carbons (Fsp3) is 0.273. The summed E-state index contributed by atoms with van der Waals surface area (Å²) in [6.07, 6.45) is 1.62. The first kappa shape index (κ1) is 11.3. The molecule has 17 heavy (non-hydrogen) atoms. The highest BCUT2D eigenvalue weighted by Crippen LogP contribution is 2.23. The Morgan fingerprint density at radius 2 is 2.18 bits per heavy atom. The Balaban J connectivity index is 2.49. The maximum Gasteiger partial charge on any atom is 0.270 e. The summed E-state index contributed by atoms with van der Waals surface area (Å²) in [6.45, 7) is 4.01. The lowest BCUT2D eigenvalue weighted by atomic mass is 10.2. The first-order valence-electron chi connectivity index (χ1n) is 5.24. The van der Waals surface area contributed by atoms with E-state index in [-0.39, 0.29) is 11.7 Å². The van der Waals surface area contributed by atoms with Crippen molar-refractivity contribution in [3.63, 3.8) is 0 Å². The molecule has 0 amide bonds. The van der Waals surface area contributed by atoms with Gasteiger partial charge < -0.3 is 4.57 Å². The molecular formula is C11H12N4O2. The predicted octanol–water partition coefficient (Wildman–Crippen LogP) is 2.43. The van der Waals surface area contributed by atoms with Crippen molar-refractivity contribution in [2.45, 2.75) is 19.9 Å².